The Balaban J connectivity index is 1.68. The molecule has 2 bridgehead atoms. The number of thioether (sulfide) groups is 1. The van der Waals surface area contributed by atoms with Crippen molar-refractivity contribution >= 4 is 36.7 Å². The van der Waals surface area contributed by atoms with E-state index in [1.54, 1.807) is 17.2 Å². The maximum atomic E-state index is 13.5. The molecule has 0 aromatic rings. The number of carbonyl (C=O) groups is 2. The first-order valence-electron chi connectivity index (χ1n) is 13.9. The molecular weight excluding hydrogens is 523 g/mol. The van der Waals surface area contributed by atoms with E-state index >= 15 is 0 Å². The van der Waals surface area contributed by atoms with E-state index in [2.05, 4.69) is 50.2 Å². The Bertz CT molecular complexity index is 939. The summed E-state index contributed by atoms with van der Waals surface area (Å²) in [7, 11) is -0.563. The second-order valence-corrected chi connectivity index (χ2v) is 13.2. The van der Waals surface area contributed by atoms with Crippen LogP contribution in [0.5, 0.6) is 0 Å². The predicted molar refractivity (Wildman–Crippen MR) is 152 cm³/mol. The Morgan fingerprint density at radius 2 is 1.97 bits per heavy atom. The van der Waals surface area contributed by atoms with Crippen molar-refractivity contribution < 1.29 is 23.9 Å². The maximum Gasteiger partial charge on any atom is 0.481 e. The summed E-state index contributed by atoms with van der Waals surface area (Å²) in [5.74, 6) is 0.759. The standard InChI is InChI=1S/C25H45BN6O6S/c1-15(2)12-20(26-37-19-14-16-13-18(24(16,3)4)25(19,5)38-26)30-22(34)17(29-21(33)9-11-39-6)8-7-10-28-23(27)31-32(35)36/h15-20H,7-14H2,1-6H3,(H,29,33)(H,30,34)(H3,27,28,31)/t16-,17+,18-,19-,20+,25+/m1/s1. The van der Waals surface area contributed by atoms with E-state index in [0.29, 0.717) is 43.3 Å². The molecule has 4 rings (SSSR count). The van der Waals surface area contributed by atoms with Gasteiger partial charge in [0.15, 0.2) is 5.03 Å². The lowest BCUT2D eigenvalue weighted by molar-refractivity contribution is -0.525. The highest BCUT2D eigenvalue weighted by atomic mass is 32.2. The van der Waals surface area contributed by atoms with Crippen molar-refractivity contribution in [3.05, 3.63) is 10.1 Å². The predicted octanol–water partition coefficient (Wildman–Crippen LogP) is 1.90. The number of nitro groups is 1. The summed E-state index contributed by atoms with van der Waals surface area (Å²) in [6.07, 6.45) is 5.68. The van der Waals surface area contributed by atoms with Gasteiger partial charge in [0.1, 0.15) is 6.04 Å². The number of nitrogens with one attached hydrogen (secondary N) is 3. The van der Waals surface area contributed by atoms with Gasteiger partial charge in [0.05, 0.1) is 17.6 Å². The van der Waals surface area contributed by atoms with Gasteiger partial charge < -0.3 is 25.7 Å². The third-order valence-corrected chi connectivity index (χ3v) is 9.29. The van der Waals surface area contributed by atoms with Gasteiger partial charge in [-0.2, -0.15) is 11.8 Å². The first-order valence-corrected chi connectivity index (χ1v) is 15.3. The lowest BCUT2D eigenvalue weighted by atomic mass is 9.43. The lowest BCUT2D eigenvalue weighted by Crippen LogP contribution is -2.65. The zero-order chi connectivity index (χ0) is 29.0. The molecule has 1 aliphatic heterocycles. The summed E-state index contributed by atoms with van der Waals surface area (Å²) in [4.78, 5) is 40.5. The summed E-state index contributed by atoms with van der Waals surface area (Å²) >= 11 is 1.55. The van der Waals surface area contributed by atoms with Crippen LogP contribution in [0, 0.1) is 33.3 Å². The Morgan fingerprint density at radius 3 is 2.59 bits per heavy atom. The third kappa shape index (κ3) is 7.57. The Morgan fingerprint density at radius 1 is 1.26 bits per heavy atom. The van der Waals surface area contributed by atoms with E-state index in [1.165, 1.54) is 0 Å². The van der Waals surface area contributed by atoms with Gasteiger partial charge in [-0.3, -0.25) is 9.59 Å². The molecule has 4 aliphatic rings. The molecule has 0 unspecified atom stereocenters. The Kier molecular flexibility index (Phi) is 10.5. The number of aliphatic imine (C=N–C) groups is 1. The van der Waals surface area contributed by atoms with Crippen LogP contribution in [0.25, 0.3) is 0 Å². The molecule has 2 amide bonds. The van der Waals surface area contributed by atoms with Crippen LogP contribution in [0.15, 0.2) is 4.99 Å². The molecule has 3 saturated carbocycles. The van der Waals surface area contributed by atoms with Gasteiger partial charge in [-0.1, -0.05) is 33.1 Å². The molecule has 12 nitrogen and oxygen atoms in total. The van der Waals surface area contributed by atoms with E-state index in [4.69, 9.17) is 15.0 Å². The van der Waals surface area contributed by atoms with Crippen LogP contribution in [0.1, 0.15) is 73.1 Å². The van der Waals surface area contributed by atoms with Crippen molar-refractivity contribution in [2.24, 2.45) is 33.9 Å². The summed E-state index contributed by atoms with van der Waals surface area (Å²) in [6.45, 7) is 11.1. The first kappa shape index (κ1) is 31.5. The minimum Gasteiger partial charge on any atom is -0.404 e. The van der Waals surface area contributed by atoms with E-state index in [-0.39, 0.29) is 53.3 Å². The highest BCUT2D eigenvalue weighted by molar-refractivity contribution is 7.98. The van der Waals surface area contributed by atoms with Crippen molar-refractivity contribution in [2.75, 3.05) is 18.6 Å². The van der Waals surface area contributed by atoms with E-state index in [0.717, 1.165) is 12.8 Å². The van der Waals surface area contributed by atoms with Crippen molar-refractivity contribution in [2.45, 2.75) is 96.8 Å². The van der Waals surface area contributed by atoms with Crippen LogP contribution in [0.4, 0.5) is 0 Å². The zero-order valence-electron chi connectivity index (χ0n) is 24.0. The van der Waals surface area contributed by atoms with E-state index < -0.39 is 18.2 Å². The highest BCUT2D eigenvalue weighted by Crippen LogP contribution is 2.65. The number of nitrogens with zero attached hydrogens (tertiary/aromatic N) is 2. The molecular formula is C25H45BN6O6S. The van der Waals surface area contributed by atoms with Crippen LogP contribution < -0.4 is 21.8 Å². The van der Waals surface area contributed by atoms with Crippen molar-refractivity contribution in [3.63, 3.8) is 0 Å². The van der Waals surface area contributed by atoms with Crippen LogP contribution in [0.2, 0.25) is 0 Å². The van der Waals surface area contributed by atoms with Gasteiger partial charge in [0.25, 0.3) is 5.96 Å². The number of amides is 2. The minimum absolute atomic E-state index is 0.00368. The summed E-state index contributed by atoms with van der Waals surface area (Å²) < 4.78 is 13.1. The third-order valence-electron chi connectivity index (χ3n) is 8.67. The molecule has 0 aromatic carbocycles. The molecule has 4 fully saturated rings. The SMILES string of the molecule is CSCCC(=O)N[C@@H](CCCN=C(N)N[N+](=O)[O-])C(=O)N[C@@H](CC(C)C)B1O[C@@H]2C[C@H]3C[C@H](C3(C)C)[C@]2(C)O1. The van der Waals surface area contributed by atoms with Crippen molar-refractivity contribution in [3.8, 4) is 0 Å². The smallest absolute Gasteiger partial charge is 0.404 e. The molecule has 3 aliphatic carbocycles. The number of nitrogens with two attached hydrogens (primary N) is 1. The fourth-order valence-electron chi connectivity index (χ4n) is 6.45. The van der Waals surface area contributed by atoms with Crippen molar-refractivity contribution in [1.82, 2.24) is 16.1 Å². The van der Waals surface area contributed by atoms with Crippen molar-refractivity contribution in [1.29, 1.82) is 0 Å². The normalized spacial score (nSPS) is 28.7. The molecule has 0 radical (unpaired) electrons. The van der Waals surface area contributed by atoms with Crippen LogP contribution in [-0.2, 0) is 18.9 Å². The van der Waals surface area contributed by atoms with Gasteiger partial charge in [0, 0.05) is 18.7 Å². The maximum absolute atomic E-state index is 13.5. The summed E-state index contributed by atoms with van der Waals surface area (Å²) in [5.41, 5.74) is 7.10. The number of rotatable bonds is 14. The van der Waals surface area contributed by atoms with Gasteiger partial charge in [-0.15, -0.1) is 0 Å². The number of hydrogen-bond donors (Lipinski definition) is 4. The van der Waals surface area contributed by atoms with Crippen LogP contribution in [0.3, 0.4) is 0 Å². The summed E-state index contributed by atoms with van der Waals surface area (Å²) in [5, 5.41) is 15.7. The molecule has 1 heterocycles. The number of carbonyl (C=O) groups excluding carboxylic acids is 2. The Hall–Kier alpha value is -2.06. The molecule has 0 aromatic heterocycles. The topological polar surface area (TPSA) is 170 Å². The quantitative estimate of drug-likeness (QED) is 0.0610. The minimum atomic E-state index is -0.792. The fraction of sp³-hybridized carbons (Fsp3) is 0.880. The molecule has 39 heavy (non-hydrogen) atoms. The molecule has 0 spiro atoms. The molecule has 14 heteroatoms. The zero-order valence-corrected chi connectivity index (χ0v) is 24.8. The number of guanidine groups is 1. The number of hydrogen-bond acceptors (Lipinski definition) is 8. The second kappa shape index (κ2) is 13.1. The monoisotopic (exact) mass is 568 g/mol. The fourth-order valence-corrected chi connectivity index (χ4v) is 6.84. The largest absolute Gasteiger partial charge is 0.481 e. The first-order chi connectivity index (χ1) is 18.3. The molecule has 220 valence electrons. The lowest BCUT2D eigenvalue weighted by Gasteiger charge is -2.64. The second-order valence-electron chi connectivity index (χ2n) is 12.2. The van der Waals surface area contributed by atoms with Gasteiger partial charge in [-0.25, -0.2) is 15.1 Å². The van der Waals surface area contributed by atoms with Gasteiger partial charge in [0.2, 0.25) is 11.8 Å². The van der Waals surface area contributed by atoms with Gasteiger partial charge >= 0.3 is 7.12 Å². The molecule has 5 N–H and O–H groups in total. The summed E-state index contributed by atoms with van der Waals surface area (Å²) in [6, 6.07) is -0.792. The van der Waals surface area contributed by atoms with Crippen LogP contribution in [-0.4, -0.2) is 72.2 Å². The van der Waals surface area contributed by atoms with E-state index in [1.807, 2.05) is 6.26 Å². The highest BCUT2D eigenvalue weighted by Gasteiger charge is 2.68. The van der Waals surface area contributed by atoms with Crippen LogP contribution >= 0.6 is 11.8 Å². The molecule has 1 saturated heterocycles. The van der Waals surface area contributed by atoms with E-state index in [9.17, 15) is 19.7 Å². The average molecular weight is 569 g/mol. The van der Waals surface area contributed by atoms with Gasteiger partial charge in [-0.05, 0) is 68.5 Å². The molecule has 6 atom stereocenters. The number of hydrazine groups is 1. The average Bonchev–Trinajstić information content (AvgIpc) is 3.20. The Labute approximate surface area is 236 Å².